The number of carbonyl (C=O) groups is 1. The number of aryl methyl sites for hydroxylation is 2. The van der Waals surface area contributed by atoms with Crippen molar-refractivity contribution in [3.8, 4) is 0 Å². The van der Waals surface area contributed by atoms with E-state index in [9.17, 15) is 9.18 Å². The fourth-order valence-corrected chi connectivity index (χ4v) is 3.17. The van der Waals surface area contributed by atoms with Crippen LogP contribution in [0.3, 0.4) is 0 Å². The molecule has 0 saturated heterocycles. The van der Waals surface area contributed by atoms with E-state index in [0.29, 0.717) is 11.4 Å². The Morgan fingerprint density at radius 3 is 2.36 bits per heavy atom. The van der Waals surface area contributed by atoms with E-state index in [1.54, 1.807) is 23.1 Å². The molecule has 0 bridgehead atoms. The van der Waals surface area contributed by atoms with Crippen molar-refractivity contribution in [3.05, 3.63) is 107 Å². The highest BCUT2D eigenvalue weighted by Crippen LogP contribution is 2.28. The molecule has 1 amide bonds. The van der Waals surface area contributed by atoms with Crippen LogP contribution in [0.4, 0.5) is 10.1 Å². The fraction of sp³-hybridized carbons (Fsp3) is 0.0833. The Bertz CT molecular complexity index is 1110. The van der Waals surface area contributed by atoms with Gasteiger partial charge >= 0.3 is 0 Å². The minimum absolute atomic E-state index is 0.210. The molecule has 138 valence electrons. The summed E-state index contributed by atoms with van der Waals surface area (Å²) in [5.74, 6) is -0.118. The molecule has 3 aromatic carbocycles. The predicted octanol–water partition coefficient (Wildman–Crippen LogP) is 5.28. The van der Waals surface area contributed by atoms with Gasteiger partial charge in [0.2, 0.25) is 0 Å². The van der Waals surface area contributed by atoms with Gasteiger partial charge in [0.15, 0.2) is 0 Å². The Hall–Kier alpha value is -3.53. The summed E-state index contributed by atoms with van der Waals surface area (Å²) in [6.07, 6.45) is 1.50. The van der Waals surface area contributed by atoms with Crippen LogP contribution in [0.2, 0.25) is 0 Å². The quantitative estimate of drug-likeness (QED) is 0.578. The van der Waals surface area contributed by atoms with E-state index in [1.165, 1.54) is 12.1 Å². The zero-order valence-electron chi connectivity index (χ0n) is 15.7. The maximum atomic E-state index is 14.1. The largest absolute Gasteiger partial charge is 0.282 e. The SMILES string of the molecule is Cc1ccc(N2C(=O)/C(=C\c3ccccc3F)N=C2c2cccc(C)c2)cc1. The predicted molar refractivity (Wildman–Crippen MR) is 111 cm³/mol. The molecule has 1 aliphatic heterocycles. The summed E-state index contributed by atoms with van der Waals surface area (Å²) in [6.45, 7) is 3.99. The second-order valence-corrected chi connectivity index (χ2v) is 6.83. The molecule has 0 aromatic heterocycles. The first kappa shape index (κ1) is 17.9. The van der Waals surface area contributed by atoms with Crippen LogP contribution < -0.4 is 4.90 Å². The lowest BCUT2D eigenvalue weighted by atomic mass is 10.1. The first-order valence-corrected chi connectivity index (χ1v) is 9.06. The van der Waals surface area contributed by atoms with E-state index in [1.807, 2.05) is 62.4 Å². The standard InChI is InChI=1S/C24H19FN2O/c1-16-10-12-20(13-11-16)27-23(19-8-5-6-17(2)14-19)26-22(24(27)28)15-18-7-3-4-9-21(18)25/h3-15H,1-2H3/b22-15+. The van der Waals surface area contributed by atoms with Crippen molar-refractivity contribution >= 4 is 23.5 Å². The van der Waals surface area contributed by atoms with Gasteiger partial charge < -0.3 is 0 Å². The normalized spacial score (nSPS) is 15.2. The van der Waals surface area contributed by atoms with E-state index in [0.717, 1.165) is 22.4 Å². The molecule has 28 heavy (non-hydrogen) atoms. The highest BCUT2D eigenvalue weighted by Gasteiger charge is 2.32. The lowest BCUT2D eigenvalue weighted by molar-refractivity contribution is -0.113. The summed E-state index contributed by atoms with van der Waals surface area (Å²) in [4.78, 5) is 19.4. The Morgan fingerprint density at radius 2 is 1.64 bits per heavy atom. The van der Waals surface area contributed by atoms with Gasteiger partial charge in [-0.1, -0.05) is 59.7 Å². The number of aliphatic imine (C=N–C) groups is 1. The van der Waals surface area contributed by atoms with Crippen LogP contribution >= 0.6 is 0 Å². The van der Waals surface area contributed by atoms with Crippen molar-refractivity contribution < 1.29 is 9.18 Å². The van der Waals surface area contributed by atoms with Crippen LogP contribution in [0.5, 0.6) is 0 Å². The van der Waals surface area contributed by atoms with Gasteiger partial charge in [0.25, 0.3) is 5.91 Å². The molecule has 0 N–H and O–H groups in total. The molecule has 3 nitrogen and oxygen atoms in total. The maximum Gasteiger partial charge on any atom is 0.282 e. The lowest BCUT2D eigenvalue weighted by Crippen LogP contribution is -2.32. The molecule has 0 radical (unpaired) electrons. The van der Waals surface area contributed by atoms with E-state index in [2.05, 4.69) is 4.99 Å². The number of rotatable bonds is 3. The number of hydrogen-bond acceptors (Lipinski definition) is 2. The zero-order chi connectivity index (χ0) is 19.7. The molecule has 1 heterocycles. The van der Waals surface area contributed by atoms with Crippen LogP contribution in [0.25, 0.3) is 6.08 Å². The number of nitrogens with zero attached hydrogens (tertiary/aromatic N) is 2. The topological polar surface area (TPSA) is 32.7 Å². The number of halogens is 1. The van der Waals surface area contributed by atoms with Crippen LogP contribution in [0.15, 0.2) is 83.5 Å². The summed E-state index contributed by atoms with van der Waals surface area (Å²) in [6, 6.07) is 21.9. The van der Waals surface area contributed by atoms with Gasteiger partial charge in [0.05, 0.1) is 5.69 Å². The molecule has 4 rings (SSSR count). The summed E-state index contributed by atoms with van der Waals surface area (Å²) >= 11 is 0. The number of amides is 1. The summed E-state index contributed by atoms with van der Waals surface area (Å²) in [5, 5.41) is 0. The van der Waals surface area contributed by atoms with Crippen LogP contribution in [0, 0.1) is 19.7 Å². The summed E-state index contributed by atoms with van der Waals surface area (Å²) < 4.78 is 14.1. The molecular weight excluding hydrogens is 351 g/mol. The Labute approximate surface area is 163 Å². The average Bonchev–Trinajstić information content (AvgIpc) is 3.01. The van der Waals surface area contributed by atoms with Gasteiger partial charge in [-0.05, 0) is 44.2 Å². The first-order valence-electron chi connectivity index (χ1n) is 9.06. The molecule has 0 saturated carbocycles. The molecule has 4 heteroatoms. The second-order valence-electron chi connectivity index (χ2n) is 6.83. The minimum Gasteiger partial charge on any atom is -0.266 e. The van der Waals surface area contributed by atoms with Gasteiger partial charge in [0.1, 0.15) is 17.3 Å². The molecular formula is C24H19FN2O. The van der Waals surface area contributed by atoms with Crippen LogP contribution in [-0.2, 0) is 4.79 Å². The van der Waals surface area contributed by atoms with Gasteiger partial charge in [0, 0.05) is 11.1 Å². The number of carbonyl (C=O) groups excluding carboxylic acids is 1. The van der Waals surface area contributed by atoms with Gasteiger partial charge in [-0.2, -0.15) is 0 Å². The van der Waals surface area contributed by atoms with Crippen molar-refractivity contribution in [1.29, 1.82) is 0 Å². The highest BCUT2D eigenvalue weighted by molar-refractivity contribution is 6.33. The van der Waals surface area contributed by atoms with Crippen LogP contribution in [-0.4, -0.2) is 11.7 Å². The Kier molecular flexibility index (Phi) is 4.62. The third-order valence-corrected chi connectivity index (χ3v) is 4.63. The van der Waals surface area contributed by atoms with E-state index < -0.39 is 0 Å². The molecule has 0 aliphatic carbocycles. The smallest absolute Gasteiger partial charge is 0.266 e. The van der Waals surface area contributed by atoms with Crippen molar-refractivity contribution in [2.24, 2.45) is 4.99 Å². The Morgan fingerprint density at radius 1 is 0.893 bits per heavy atom. The van der Waals surface area contributed by atoms with Gasteiger partial charge in [-0.3, -0.25) is 9.69 Å². The Balaban J connectivity index is 1.85. The molecule has 0 atom stereocenters. The highest BCUT2D eigenvalue weighted by atomic mass is 19.1. The maximum absolute atomic E-state index is 14.1. The summed E-state index contributed by atoms with van der Waals surface area (Å²) in [5.41, 5.74) is 4.29. The monoisotopic (exact) mass is 370 g/mol. The van der Waals surface area contributed by atoms with Gasteiger partial charge in [-0.15, -0.1) is 0 Å². The van der Waals surface area contributed by atoms with E-state index in [4.69, 9.17) is 0 Å². The molecule has 3 aromatic rings. The number of hydrogen-bond donors (Lipinski definition) is 0. The second kappa shape index (κ2) is 7.24. The summed E-state index contributed by atoms with van der Waals surface area (Å²) in [7, 11) is 0. The van der Waals surface area contributed by atoms with Crippen molar-refractivity contribution in [2.75, 3.05) is 4.90 Å². The first-order chi connectivity index (χ1) is 13.5. The van der Waals surface area contributed by atoms with Gasteiger partial charge in [-0.25, -0.2) is 9.38 Å². The zero-order valence-corrected chi connectivity index (χ0v) is 15.7. The van der Waals surface area contributed by atoms with E-state index >= 15 is 0 Å². The molecule has 0 spiro atoms. The van der Waals surface area contributed by atoms with Crippen molar-refractivity contribution in [1.82, 2.24) is 0 Å². The number of anilines is 1. The third kappa shape index (κ3) is 3.37. The van der Waals surface area contributed by atoms with Crippen molar-refractivity contribution in [2.45, 2.75) is 13.8 Å². The molecule has 0 fully saturated rings. The average molecular weight is 370 g/mol. The minimum atomic E-state index is -0.385. The van der Waals surface area contributed by atoms with E-state index in [-0.39, 0.29) is 17.4 Å². The number of benzene rings is 3. The van der Waals surface area contributed by atoms with Crippen molar-refractivity contribution in [3.63, 3.8) is 0 Å². The lowest BCUT2D eigenvalue weighted by Gasteiger charge is -2.19. The molecule has 0 unspecified atom stereocenters. The van der Waals surface area contributed by atoms with Crippen LogP contribution in [0.1, 0.15) is 22.3 Å². The third-order valence-electron chi connectivity index (χ3n) is 4.63. The fourth-order valence-electron chi connectivity index (χ4n) is 3.17. The molecule has 1 aliphatic rings. The number of amidine groups is 1.